The van der Waals surface area contributed by atoms with Gasteiger partial charge in [0.05, 0.1) is 11.3 Å². The van der Waals surface area contributed by atoms with Crippen LogP contribution in [0.5, 0.6) is 5.75 Å². The topological polar surface area (TPSA) is 89.6 Å². The fraction of sp³-hybridized carbons (Fsp3) is 0.450. The number of ether oxygens (including phenoxy) is 1. The number of carbonyl (C=O) groups excluding carboxylic acids is 1. The lowest BCUT2D eigenvalue weighted by molar-refractivity contribution is -0.145. The van der Waals surface area contributed by atoms with Crippen molar-refractivity contribution >= 4 is 11.8 Å². The number of carboxylic acid groups (broad SMARTS) is 1. The third-order valence-corrected chi connectivity index (χ3v) is 4.61. The van der Waals surface area contributed by atoms with Gasteiger partial charge >= 0.3 is 5.97 Å². The molecule has 0 saturated carbocycles. The summed E-state index contributed by atoms with van der Waals surface area (Å²) in [6.07, 6.45) is 1.22. The summed E-state index contributed by atoms with van der Waals surface area (Å²) in [5, 5.41) is 13.2. The standard InChI is InChI=1S/C20H23NO5/c1-4-16(19(23)24)25-13-7-5-12(6-8-13)9-17-18-14(21-26-17)10-20(2,3)11-15(18)22/h5-8,16H,4,9-11H2,1-3H3,(H,23,24). The first kappa shape index (κ1) is 18.2. The van der Waals surface area contributed by atoms with Crippen molar-refractivity contribution in [2.24, 2.45) is 5.41 Å². The minimum Gasteiger partial charge on any atom is -0.479 e. The molecule has 1 atom stereocenters. The molecule has 0 amide bonds. The summed E-state index contributed by atoms with van der Waals surface area (Å²) >= 11 is 0. The Morgan fingerprint density at radius 2 is 2.00 bits per heavy atom. The molecule has 3 rings (SSSR count). The van der Waals surface area contributed by atoms with Crippen LogP contribution in [0.15, 0.2) is 28.8 Å². The molecule has 1 aliphatic rings. The molecule has 1 aliphatic carbocycles. The summed E-state index contributed by atoms with van der Waals surface area (Å²) in [7, 11) is 0. The van der Waals surface area contributed by atoms with Crippen LogP contribution in [0.4, 0.5) is 0 Å². The molecule has 0 aliphatic heterocycles. The fourth-order valence-electron chi connectivity index (χ4n) is 3.30. The molecule has 2 aromatic rings. The van der Waals surface area contributed by atoms with Crippen LogP contribution >= 0.6 is 0 Å². The largest absolute Gasteiger partial charge is 0.479 e. The Balaban J connectivity index is 1.74. The molecule has 1 aromatic carbocycles. The monoisotopic (exact) mass is 357 g/mol. The number of hydrogen-bond donors (Lipinski definition) is 1. The predicted octanol–water partition coefficient (Wildman–Crippen LogP) is 3.66. The Morgan fingerprint density at radius 1 is 1.31 bits per heavy atom. The quantitative estimate of drug-likeness (QED) is 0.848. The maximum Gasteiger partial charge on any atom is 0.344 e. The average Bonchev–Trinajstić information content (AvgIpc) is 2.95. The molecule has 138 valence electrons. The van der Waals surface area contributed by atoms with Crippen LogP contribution < -0.4 is 4.74 Å². The number of rotatable bonds is 6. The second-order valence-electron chi connectivity index (χ2n) is 7.54. The Morgan fingerprint density at radius 3 is 2.62 bits per heavy atom. The number of ketones is 1. The van der Waals surface area contributed by atoms with E-state index in [4.69, 9.17) is 14.4 Å². The lowest BCUT2D eigenvalue weighted by Gasteiger charge is -2.26. The van der Waals surface area contributed by atoms with Crippen molar-refractivity contribution < 1.29 is 24.0 Å². The number of nitrogens with zero attached hydrogens (tertiary/aromatic N) is 1. The van der Waals surface area contributed by atoms with Crippen LogP contribution in [-0.4, -0.2) is 28.1 Å². The molecular formula is C20H23NO5. The van der Waals surface area contributed by atoms with E-state index in [1.807, 2.05) is 12.1 Å². The summed E-state index contributed by atoms with van der Waals surface area (Å²) in [6, 6.07) is 7.15. The third-order valence-electron chi connectivity index (χ3n) is 4.61. The Labute approximate surface area is 152 Å². The normalized spacial score (nSPS) is 16.8. The number of Topliss-reactive ketones (excluding diaryl/α,β-unsaturated/α-hetero) is 1. The first-order valence-electron chi connectivity index (χ1n) is 8.78. The minimum atomic E-state index is -0.980. The van der Waals surface area contributed by atoms with Gasteiger partial charge in [-0.1, -0.05) is 38.1 Å². The maximum atomic E-state index is 12.5. The van der Waals surface area contributed by atoms with E-state index in [1.165, 1.54) is 0 Å². The highest BCUT2D eigenvalue weighted by Gasteiger charge is 2.35. The Kier molecular flexibility index (Phi) is 4.85. The van der Waals surface area contributed by atoms with Crippen molar-refractivity contribution in [1.82, 2.24) is 5.16 Å². The van der Waals surface area contributed by atoms with Gasteiger partial charge in [0, 0.05) is 12.8 Å². The highest BCUT2D eigenvalue weighted by atomic mass is 16.5. The molecule has 1 N–H and O–H groups in total. The zero-order chi connectivity index (χ0) is 18.9. The van der Waals surface area contributed by atoms with Gasteiger partial charge in [-0.05, 0) is 36.0 Å². The average molecular weight is 357 g/mol. The molecule has 6 nitrogen and oxygen atoms in total. The van der Waals surface area contributed by atoms with Crippen molar-refractivity contribution in [2.45, 2.75) is 52.6 Å². The number of carbonyl (C=O) groups is 2. The van der Waals surface area contributed by atoms with Gasteiger partial charge in [0.25, 0.3) is 0 Å². The molecule has 0 fully saturated rings. The number of aromatic nitrogens is 1. The number of hydrogen-bond acceptors (Lipinski definition) is 5. The molecule has 1 unspecified atom stereocenters. The van der Waals surface area contributed by atoms with Crippen molar-refractivity contribution in [3.63, 3.8) is 0 Å². The zero-order valence-corrected chi connectivity index (χ0v) is 15.2. The Bertz CT molecular complexity index is 819. The second-order valence-corrected chi connectivity index (χ2v) is 7.54. The van der Waals surface area contributed by atoms with Crippen LogP contribution in [0.1, 0.15) is 61.0 Å². The van der Waals surface area contributed by atoms with E-state index >= 15 is 0 Å². The minimum absolute atomic E-state index is 0.0831. The van der Waals surface area contributed by atoms with Crippen LogP contribution in [-0.2, 0) is 17.6 Å². The van der Waals surface area contributed by atoms with Gasteiger partial charge in [-0.3, -0.25) is 4.79 Å². The lowest BCUT2D eigenvalue weighted by atomic mass is 9.75. The number of fused-ring (bicyclic) bond motifs is 1. The molecule has 0 radical (unpaired) electrons. The van der Waals surface area contributed by atoms with Crippen molar-refractivity contribution in [2.75, 3.05) is 0 Å². The SMILES string of the molecule is CCC(Oc1ccc(Cc2onc3c2C(=O)CC(C)(C)C3)cc1)C(=O)O. The molecule has 0 saturated heterocycles. The van der Waals surface area contributed by atoms with Gasteiger partial charge in [-0.25, -0.2) is 4.79 Å². The van der Waals surface area contributed by atoms with Crippen molar-refractivity contribution in [3.05, 3.63) is 46.8 Å². The van der Waals surface area contributed by atoms with E-state index in [2.05, 4.69) is 19.0 Å². The van der Waals surface area contributed by atoms with E-state index < -0.39 is 12.1 Å². The van der Waals surface area contributed by atoms with Crippen LogP contribution in [0.2, 0.25) is 0 Å². The Hall–Kier alpha value is -2.63. The summed E-state index contributed by atoms with van der Waals surface area (Å²) in [6.45, 7) is 5.88. The molecular weight excluding hydrogens is 334 g/mol. The second kappa shape index (κ2) is 6.94. The van der Waals surface area contributed by atoms with Gasteiger partial charge in [0.2, 0.25) is 0 Å². The summed E-state index contributed by atoms with van der Waals surface area (Å²) in [4.78, 5) is 23.5. The van der Waals surface area contributed by atoms with Crippen molar-refractivity contribution in [3.8, 4) is 5.75 Å². The number of aliphatic carboxylic acids is 1. The summed E-state index contributed by atoms with van der Waals surface area (Å²) < 4.78 is 10.9. The fourth-order valence-corrected chi connectivity index (χ4v) is 3.30. The highest BCUT2D eigenvalue weighted by molar-refractivity contribution is 5.99. The van der Waals surface area contributed by atoms with Crippen LogP contribution in [0, 0.1) is 5.41 Å². The summed E-state index contributed by atoms with van der Waals surface area (Å²) in [5.74, 6) is 0.192. The van der Waals surface area contributed by atoms with E-state index in [0.29, 0.717) is 36.3 Å². The molecule has 1 heterocycles. The first-order valence-corrected chi connectivity index (χ1v) is 8.78. The van der Waals surface area contributed by atoms with Gasteiger partial charge < -0.3 is 14.4 Å². The number of carboxylic acids is 1. The molecule has 26 heavy (non-hydrogen) atoms. The molecule has 0 spiro atoms. The van der Waals surface area contributed by atoms with E-state index in [1.54, 1.807) is 19.1 Å². The van der Waals surface area contributed by atoms with Gasteiger partial charge in [-0.15, -0.1) is 0 Å². The molecule has 1 aromatic heterocycles. The van der Waals surface area contributed by atoms with Gasteiger partial charge in [0.1, 0.15) is 5.75 Å². The maximum absolute atomic E-state index is 12.5. The van der Waals surface area contributed by atoms with Crippen LogP contribution in [0.3, 0.4) is 0 Å². The van der Waals surface area contributed by atoms with Gasteiger partial charge in [0.15, 0.2) is 17.6 Å². The van der Waals surface area contributed by atoms with E-state index in [0.717, 1.165) is 17.7 Å². The molecule has 6 heteroatoms. The first-order chi connectivity index (χ1) is 12.3. The predicted molar refractivity (Wildman–Crippen MR) is 94.5 cm³/mol. The van der Waals surface area contributed by atoms with Gasteiger partial charge in [-0.2, -0.15) is 0 Å². The third kappa shape index (κ3) is 3.79. The highest BCUT2D eigenvalue weighted by Crippen LogP contribution is 2.36. The van der Waals surface area contributed by atoms with Crippen molar-refractivity contribution in [1.29, 1.82) is 0 Å². The lowest BCUT2D eigenvalue weighted by Crippen LogP contribution is -2.27. The summed E-state index contributed by atoms with van der Waals surface area (Å²) in [5.41, 5.74) is 2.23. The molecule has 0 bridgehead atoms. The van der Waals surface area contributed by atoms with E-state index in [9.17, 15) is 9.59 Å². The number of benzene rings is 1. The van der Waals surface area contributed by atoms with E-state index in [-0.39, 0.29) is 11.2 Å². The zero-order valence-electron chi connectivity index (χ0n) is 15.2. The van der Waals surface area contributed by atoms with Crippen LogP contribution in [0.25, 0.3) is 0 Å². The smallest absolute Gasteiger partial charge is 0.344 e.